The molecule has 1 heterocycles. The molecule has 176 valence electrons. The van der Waals surface area contributed by atoms with E-state index in [2.05, 4.69) is 15.7 Å². The SMILES string of the molecule is CC(=O)Nc1ccc(NC(=O)C(C)OC(=O)c2cn(-c3ccccc3)nc2-c2ccccc2)cc1. The quantitative estimate of drug-likeness (QED) is 0.384. The van der Waals surface area contributed by atoms with Crippen molar-refractivity contribution in [3.63, 3.8) is 0 Å². The molecular formula is C27H24N4O4. The minimum Gasteiger partial charge on any atom is -0.449 e. The van der Waals surface area contributed by atoms with Gasteiger partial charge < -0.3 is 15.4 Å². The van der Waals surface area contributed by atoms with Crippen molar-refractivity contribution in [2.75, 3.05) is 10.6 Å². The number of ether oxygens (including phenoxy) is 1. The number of para-hydroxylation sites is 1. The Morgan fingerprint density at radius 1 is 0.829 bits per heavy atom. The molecule has 4 rings (SSSR count). The number of hydrogen-bond acceptors (Lipinski definition) is 5. The maximum absolute atomic E-state index is 13.1. The highest BCUT2D eigenvalue weighted by molar-refractivity contribution is 6.00. The van der Waals surface area contributed by atoms with Gasteiger partial charge in [-0.25, -0.2) is 9.48 Å². The highest BCUT2D eigenvalue weighted by Gasteiger charge is 2.24. The molecule has 0 saturated heterocycles. The number of esters is 1. The summed E-state index contributed by atoms with van der Waals surface area (Å²) in [7, 11) is 0. The summed E-state index contributed by atoms with van der Waals surface area (Å²) in [4.78, 5) is 36.9. The van der Waals surface area contributed by atoms with Crippen LogP contribution >= 0.6 is 0 Å². The van der Waals surface area contributed by atoms with E-state index < -0.39 is 18.0 Å². The molecule has 0 aliphatic carbocycles. The van der Waals surface area contributed by atoms with E-state index in [1.165, 1.54) is 13.8 Å². The Morgan fingerprint density at radius 3 is 2.00 bits per heavy atom. The lowest BCUT2D eigenvalue weighted by Crippen LogP contribution is -2.30. The van der Waals surface area contributed by atoms with Crippen molar-refractivity contribution in [2.45, 2.75) is 20.0 Å². The number of aromatic nitrogens is 2. The van der Waals surface area contributed by atoms with Gasteiger partial charge in [0.05, 0.1) is 5.69 Å². The summed E-state index contributed by atoms with van der Waals surface area (Å²) >= 11 is 0. The molecule has 0 aliphatic heterocycles. The van der Waals surface area contributed by atoms with Gasteiger partial charge in [0.1, 0.15) is 11.3 Å². The van der Waals surface area contributed by atoms with Crippen LogP contribution in [-0.2, 0) is 14.3 Å². The fourth-order valence-electron chi connectivity index (χ4n) is 3.41. The predicted octanol–water partition coefficient (Wildman–Crippen LogP) is 4.68. The number of rotatable bonds is 7. The third kappa shape index (κ3) is 5.80. The standard InChI is InChI=1S/C27H24N4O4/c1-18(26(33)29-22-15-13-21(14-16-22)28-19(2)32)35-27(34)24-17-31(23-11-7-4-8-12-23)30-25(24)20-9-5-3-6-10-20/h3-18H,1-2H3,(H,28,32)(H,29,33). The van der Waals surface area contributed by atoms with Crippen LogP contribution in [-0.4, -0.2) is 33.7 Å². The van der Waals surface area contributed by atoms with Crippen LogP contribution in [0.2, 0.25) is 0 Å². The zero-order valence-corrected chi connectivity index (χ0v) is 19.3. The summed E-state index contributed by atoms with van der Waals surface area (Å²) in [5.74, 6) is -1.33. The average molecular weight is 469 g/mol. The normalized spacial score (nSPS) is 11.4. The Bertz CT molecular complexity index is 1330. The van der Waals surface area contributed by atoms with Crippen LogP contribution in [0.3, 0.4) is 0 Å². The van der Waals surface area contributed by atoms with Crippen LogP contribution in [0.5, 0.6) is 0 Å². The number of carbonyl (C=O) groups is 3. The van der Waals surface area contributed by atoms with Crippen LogP contribution in [0.25, 0.3) is 16.9 Å². The first-order chi connectivity index (χ1) is 16.9. The molecule has 1 atom stereocenters. The van der Waals surface area contributed by atoms with Gasteiger partial charge in [-0.15, -0.1) is 0 Å². The Kier molecular flexibility index (Phi) is 7.02. The van der Waals surface area contributed by atoms with E-state index in [0.29, 0.717) is 17.1 Å². The lowest BCUT2D eigenvalue weighted by atomic mass is 10.1. The Morgan fingerprint density at radius 2 is 1.40 bits per heavy atom. The number of carbonyl (C=O) groups excluding carboxylic acids is 3. The predicted molar refractivity (Wildman–Crippen MR) is 133 cm³/mol. The molecule has 2 amide bonds. The van der Waals surface area contributed by atoms with E-state index in [4.69, 9.17) is 4.74 Å². The first kappa shape index (κ1) is 23.4. The van der Waals surface area contributed by atoms with E-state index in [1.807, 2.05) is 60.7 Å². The van der Waals surface area contributed by atoms with Gasteiger partial charge in [-0.1, -0.05) is 48.5 Å². The highest BCUT2D eigenvalue weighted by Crippen LogP contribution is 2.25. The van der Waals surface area contributed by atoms with E-state index in [0.717, 1.165) is 11.3 Å². The Balaban J connectivity index is 1.51. The zero-order chi connectivity index (χ0) is 24.8. The molecule has 0 aliphatic rings. The summed E-state index contributed by atoms with van der Waals surface area (Å²) < 4.78 is 7.11. The largest absolute Gasteiger partial charge is 0.449 e. The van der Waals surface area contributed by atoms with Crippen molar-refractivity contribution in [3.05, 3.63) is 96.7 Å². The maximum atomic E-state index is 13.1. The van der Waals surface area contributed by atoms with Gasteiger partial charge in [-0.05, 0) is 43.3 Å². The van der Waals surface area contributed by atoms with Crippen molar-refractivity contribution in [3.8, 4) is 16.9 Å². The van der Waals surface area contributed by atoms with Crippen LogP contribution in [0.15, 0.2) is 91.1 Å². The van der Waals surface area contributed by atoms with E-state index >= 15 is 0 Å². The molecule has 0 saturated carbocycles. The fraction of sp³-hybridized carbons (Fsp3) is 0.111. The van der Waals surface area contributed by atoms with Crippen LogP contribution in [0, 0.1) is 0 Å². The summed E-state index contributed by atoms with van der Waals surface area (Å²) in [6.45, 7) is 2.92. The lowest BCUT2D eigenvalue weighted by molar-refractivity contribution is -0.123. The molecule has 35 heavy (non-hydrogen) atoms. The van der Waals surface area contributed by atoms with Gasteiger partial charge in [-0.3, -0.25) is 9.59 Å². The minimum atomic E-state index is -1.05. The van der Waals surface area contributed by atoms with Gasteiger partial charge in [0.15, 0.2) is 6.10 Å². The first-order valence-electron chi connectivity index (χ1n) is 11.0. The molecule has 3 aromatic carbocycles. The second-order valence-corrected chi connectivity index (χ2v) is 7.83. The number of amides is 2. The van der Waals surface area contributed by atoms with Gasteiger partial charge in [0.25, 0.3) is 5.91 Å². The molecule has 0 bridgehead atoms. The molecule has 8 nitrogen and oxygen atoms in total. The highest BCUT2D eigenvalue weighted by atomic mass is 16.5. The number of anilines is 2. The molecule has 8 heteroatoms. The molecule has 2 N–H and O–H groups in total. The molecule has 0 fully saturated rings. The van der Waals surface area contributed by atoms with Crippen LogP contribution in [0.1, 0.15) is 24.2 Å². The van der Waals surface area contributed by atoms with Crippen LogP contribution in [0.4, 0.5) is 11.4 Å². The number of hydrogen-bond donors (Lipinski definition) is 2. The second kappa shape index (κ2) is 10.5. The van der Waals surface area contributed by atoms with E-state index in [-0.39, 0.29) is 11.5 Å². The van der Waals surface area contributed by atoms with E-state index in [9.17, 15) is 14.4 Å². The third-order valence-electron chi connectivity index (χ3n) is 5.13. The van der Waals surface area contributed by atoms with E-state index in [1.54, 1.807) is 35.1 Å². The summed E-state index contributed by atoms with van der Waals surface area (Å²) in [6, 6.07) is 25.4. The van der Waals surface area contributed by atoms with Gasteiger partial charge in [-0.2, -0.15) is 5.10 Å². The van der Waals surface area contributed by atoms with Gasteiger partial charge >= 0.3 is 5.97 Å². The molecule has 0 radical (unpaired) electrons. The molecular weight excluding hydrogens is 444 g/mol. The smallest absolute Gasteiger partial charge is 0.342 e. The Hall–Kier alpha value is -4.72. The molecule has 1 aromatic heterocycles. The minimum absolute atomic E-state index is 0.187. The lowest BCUT2D eigenvalue weighted by Gasteiger charge is -2.14. The first-order valence-corrected chi connectivity index (χ1v) is 11.0. The maximum Gasteiger partial charge on any atom is 0.342 e. The van der Waals surface area contributed by atoms with Crippen molar-refractivity contribution in [1.82, 2.24) is 9.78 Å². The molecule has 1 unspecified atom stereocenters. The van der Waals surface area contributed by atoms with Crippen molar-refractivity contribution >= 4 is 29.2 Å². The van der Waals surface area contributed by atoms with Gasteiger partial charge in [0.2, 0.25) is 5.91 Å². The number of nitrogens with one attached hydrogen (secondary N) is 2. The monoisotopic (exact) mass is 468 g/mol. The fourth-order valence-corrected chi connectivity index (χ4v) is 3.41. The van der Waals surface area contributed by atoms with Crippen molar-refractivity contribution in [2.24, 2.45) is 0 Å². The molecule has 0 spiro atoms. The number of nitrogens with zero attached hydrogens (tertiary/aromatic N) is 2. The van der Waals surface area contributed by atoms with Gasteiger partial charge in [0, 0.05) is 30.1 Å². The molecule has 4 aromatic rings. The summed E-state index contributed by atoms with van der Waals surface area (Å²) in [5.41, 5.74) is 3.37. The summed E-state index contributed by atoms with van der Waals surface area (Å²) in [5, 5.41) is 9.97. The second-order valence-electron chi connectivity index (χ2n) is 7.83. The zero-order valence-electron chi connectivity index (χ0n) is 19.3. The average Bonchev–Trinajstić information content (AvgIpc) is 3.32. The summed E-state index contributed by atoms with van der Waals surface area (Å²) in [6.07, 6.45) is 0.548. The van der Waals surface area contributed by atoms with Crippen molar-refractivity contribution in [1.29, 1.82) is 0 Å². The van der Waals surface area contributed by atoms with Crippen LogP contribution < -0.4 is 10.6 Å². The Labute approximate surface area is 202 Å². The number of benzene rings is 3. The third-order valence-corrected chi connectivity index (χ3v) is 5.13. The topological polar surface area (TPSA) is 102 Å². The van der Waals surface area contributed by atoms with Crippen molar-refractivity contribution < 1.29 is 19.1 Å².